The molecule has 3 N–H and O–H groups in total. The Bertz CT molecular complexity index is 332. The van der Waals surface area contributed by atoms with E-state index in [-0.39, 0.29) is 0 Å². The highest BCUT2D eigenvalue weighted by atomic mass is 32.2. The summed E-state index contributed by atoms with van der Waals surface area (Å²) in [5, 5.41) is 3.23. The van der Waals surface area contributed by atoms with Crippen LogP contribution < -0.4 is 11.1 Å². The highest BCUT2D eigenvalue weighted by molar-refractivity contribution is 7.84. The van der Waals surface area contributed by atoms with Gasteiger partial charge in [0.2, 0.25) is 0 Å². The third kappa shape index (κ3) is 3.55. The number of hydrogen-bond donors (Lipinski definition) is 2. The lowest BCUT2D eigenvalue weighted by atomic mass is 10.1. The van der Waals surface area contributed by atoms with Crippen molar-refractivity contribution in [1.29, 1.82) is 0 Å². The van der Waals surface area contributed by atoms with Crippen LogP contribution in [-0.4, -0.2) is 22.3 Å². The first-order chi connectivity index (χ1) is 7.15. The van der Waals surface area contributed by atoms with E-state index in [1.54, 1.807) is 0 Å². The predicted molar refractivity (Wildman–Crippen MR) is 67.6 cm³/mol. The molecule has 1 unspecified atom stereocenters. The van der Waals surface area contributed by atoms with E-state index in [2.05, 4.69) is 5.32 Å². The third-order valence-corrected chi connectivity index (χ3v) is 3.56. The molecule has 1 aromatic carbocycles. The van der Waals surface area contributed by atoms with Crippen molar-refractivity contribution < 1.29 is 4.21 Å². The minimum absolute atomic E-state index is 0.671. The van der Waals surface area contributed by atoms with E-state index in [9.17, 15) is 4.21 Å². The molecule has 0 aliphatic carbocycles. The minimum atomic E-state index is -0.717. The molecule has 1 atom stereocenters. The van der Waals surface area contributed by atoms with Crippen molar-refractivity contribution in [3.63, 3.8) is 0 Å². The molecule has 0 aromatic heterocycles. The lowest BCUT2D eigenvalue weighted by Crippen LogP contribution is -2.13. The number of nitrogens with one attached hydrogen (secondary N) is 1. The first-order valence-electron chi connectivity index (χ1n) is 5.09. The number of para-hydroxylation sites is 1. The molecule has 0 amide bonds. The molecule has 1 rings (SSSR count). The van der Waals surface area contributed by atoms with Gasteiger partial charge < -0.3 is 11.1 Å². The molecule has 0 aliphatic heterocycles. The average Bonchev–Trinajstić information content (AvgIpc) is 2.22. The Labute approximate surface area is 93.5 Å². The summed E-state index contributed by atoms with van der Waals surface area (Å²) in [6.07, 6.45) is 0. The van der Waals surface area contributed by atoms with Crippen LogP contribution in [0.3, 0.4) is 0 Å². The van der Waals surface area contributed by atoms with Gasteiger partial charge in [-0.2, -0.15) is 0 Å². The van der Waals surface area contributed by atoms with E-state index in [1.807, 2.05) is 32.0 Å². The first-order valence-corrected chi connectivity index (χ1v) is 6.58. The van der Waals surface area contributed by atoms with Gasteiger partial charge in [0.15, 0.2) is 0 Å². The van der Waals surface area contributed by atoms with E-state index < -0.39 is 10.8 Å². The Balaban J connectivity index is 2.54. The minimum Gasteiger partial charge on any atom is -0.397 e. The Morgan fingerprint density at radius 1 is 1.47 bits per heavy atom. The summed E-state index contributed by atoms with van der Waals surface area (Å²) in [5.41, 5.74) is 8.67. The van der Waals surface area contributed by atoms with Gasteiger partial charge in [0, 0.05) is 28.9 Å². The number of aryl methyl sites for hydroxylation is 1. The molecular weight excluding hydrogens is 208 g/mol. The molecule has 0 heterocycles. The molecule has 0 bridgehead atoms. The van der Waals surface area contributed by atoms with Crippen LogP contribution in [0, 0.1) is 6.92 Å². The normalized spacial score (nSPS) is 12.4. The molecular formula is C11H18N2OS. The molecule has 0 radical (unpaired) electrons. The van der Waals surface area contributed by atoms with Gasteiger partial charge >= 0.3 is 0 Å². The second kappa shape index (κ2) is 5.75. The molecule has 0 aliphatic rings. The van der Waals surface area contributed by atoms with Crippen LogP contribution in [0.4, 0.5) is 11.4 Å². The summed E-state index contributed by atoms with van der Waals surface area (Å²) in [7, 11) is -0.717. The standard InChI is InChI=1S/C11H18N2OS/c1-3-15(14)8-7-13-11-9(2)5-4-6-10(11)12/h4-6,13H,3,7-8,12H2,1-2H3. The molecule has 0 fully saturated rings. The van der Waals surface area contributed by atoms with E-state index in [4.69, 9.17) is 5.73 Å². The maximum absolute atomic E-state index is 11.2. The largest absolute Gasteiger partial charge is 0.397 e. The molecule has 1 aromatic rings. The van der Waals surface area contributed by atoms with Gasteiger partial charge in [-0.15, -0.1) is 0 Å². The zero-order valence-corrected chi connectivity index (χ0v) is 10.1. The molecule has 0 saturated carbocycles. The second-order valence-corrected chi connectivity index (χ2v) is 5.26. The van der Waals surface area contributed by atoms with Gasteiger partial charge in [-0.25, -0.2) is 0 Å². The molecule has 0 saturated heterocycles. The van der Waals surface area contributed by atoms with E-state index in [1.165, 1.54) is 0 Å². The summed E-state index contributed by atoms with van der Waals surface area (Å²) in [5.74, 6) is 1.38. The van der Waals surface area contributed by atoms with Crippen molar-refractivity contribution in [3.05, 3.63) is 23.8 Å². The van der Waals surface area contributed by atoms with Crippen LogP contribution >= 0.6 is 0 Å². The zero-order valence-electron chi connectivity index (χ0n) is 9.25. The fourth-order valence-corrected chi connectivity index (χ4v) is 1.98. The van der Waals surface area contributed by atoms with Crippen LogP contribution in [0.5, 0.6) is 0 Å². The van der Waals surface area contributed by atoms with Crippen molar-refractivity contribution in [2.45, 2.75) is 13.8 Å². The molecule has 84 valence electrons. The third-order valence-electron chi connectivity index (χ3n) is 2.26. The van der Waals surface area contributed by atoms with Crippen LogP contribution in [0.2, 0.25) is 0 Å². The summed E-state index contributed by atoms with van der Waals surface area (Å²) in [6, 6.07) is 5.81. The number of nitrogens with two attached hydrogens (primary N) is 1. The maximum atomic E-state index is 11.2. The molecule has 3 nitrogen and oxygen atoms in total. The van der Waals surface area contributed by atoms with E-state index in [0.717, 1.165) is 16.9 Å². The first kappa shape index (κ1) is 12.0. The smallest absolute Gasteiger partial charge is 0.0603 e. The fraction of sp³-hybridized carbons (Fsp3) is 0.455. The summed E-state index contributed by atoms with van der Waals surface area (Å²) in [4.78, 5) is 0. The SMILES string of the molecule is CCS(=O)CCNc1c(C)cccc1N. The molecule has 4 heteroatoms. The van der Waals surface area contributed by atoms with Crippen molar-refractivity contribution in [2.75, 3.05) is 29.1 Å². The molecule has 15 heavy (non-hydrogen) atoms. The van der Waals surface area contributed by atoms with Crippen LogP contribution in [0.25, 0.3) is 0 Å². The second-order valence-electron chi connectivity index (χ2n) is 3.40. The number of hydrogen-bond acceptors (Lipinski definition) is 3. The monoisotopic (exact) mass is 226 g/mol. The van der Waals surface area contributed by atoms with Gasteiger partial charge in [-0.3, -0.25) is 4.21 Å². The number of benzene rings is 1. The summed E-state index contributed by atoms with van der Waals surface area (Å²) in [6.45, 7) is 4.64. The lowest BCUT2D eigenvalue weighted by Gasteiger charge is -2.11. The highest BCUT2D eigenvalue weighted by Gasteiger charge is 2.02. The Hall–Kier alpha value is -1.03. The van der Waals surface area contributed by atoms with Crippen LogP contribution in [-0.2, 0) is 10.8 Å². The maximum Gasteiger partial charge on any atom is 0.0603 e. The Morgan fingerprint density at radius 3 is 2.80 bits per heavy atom. The van der Waals surface area contributed by atoms with Crippen LogP contribution in [0.15, 0.2) is 18.2 Å². The number of anilines is 2. The molecule has 0 spiro atoms. The highest BCUT2D eigenvalue weighted by Crippen LogP contribution is 2.21. The lowest BCUT2D eigenvalue weighted by molar-refractivity contribution is 0.684. The average molecular weight is 226 g/mol. The predicted octanol–water partition coefficient (Wildman–Crippen LogP) is 1.76. The Kier molecular flexibility index (Phi) is 4.62. The quantitative estimate of drug-likeness (QED) is 0.752. The summed E-state index contributed by atoms with van der Waals surface area (Å²) < 4.78 is 11.2. The number of nitrogen functional groups attached to an aromatic ring is 1. The van der Waals surface area contributed by atoms with Gasteiger partial charge in [-0.1, -0.05) is 19.1 Å². The van der Waals surface area contributed by atoms with Gasteiger partial charge in [0.05, 0.1) is 11.4 Å². The van der Waals surface area contributed by atoms with Crippen molar-refractivity contribution in [1.82, 2.24) is 0 Å². The van der Waals surface area contributed by atoms with Gasteiger partial charge in [0.25, 0.3) is 0 Å². The van der Waals surface area contributed by atoms with E-state index in [0.29, 0.717) is 18.1 Å². The summed E-state index contributed by atoms with van der Waals surface area (Å²) >= 11 is 0. The van der Waals surface area contributed by atoms with Crippen molar-refractivity contribution in [3.8, 4) is 0 Å². The Morgan fingerprint density at radius 2 is 2.20 bits per heavy atom. The van der Waals surface area contributed by atoms with E-state index >= 15 is 0 Å². The fourth-order valence-electron chi connectivity index (χ4n) is 1.37. The van der Waals surface area contributed by atoms with Gasteiger partial charge in [0.1, 0.15) is 0 Å². The van der Waals surface area contributed by atoms with Crippen molar-refractivity contribution in [2.24, 2.45) is 0 Å². The van der Waals surface area contributed by atoms with Crippen molar-refractivity contribution >= 4 is 22.2 Å². The topological polar surface area (TPSA) is 55.1 Å². The zero-order chi connectivity index (χ0) is 11.3. The van der Waals surface area contributed by atoms with Gasteiger partial charge in [-0.05, 0) is 18.6 Å². The van der Waals surface area contributed by atoms with Crippen LogP contribution in [0.1, 0.15) is 12.5 Å². The number of rotatable bonds is 5.